The van der Waals surface area contributed by atoms with Crippen LogP contribution in [-0.2, 0) is 6.42 Å². The highest BCUT2D eigenvalue weighted by atomic mass is 16.3. The van der Waals surface area contributed by atoms with E-state index in [9.17, 15) is 0 Å². The van der Waals surface area contributed by atoms with Crippen LogP contribution in [0.5, 0.6) is 0 Å². The number of hydrogen-bond donors (Lipinski definition) is 1. The molecule has 90 valence electrons. The van der Waals surface area contributed by atoms with Gasteiger partial charge in [0, 0.05) is 24.4 Å². The molecule has 0 radical (unpaired) electrons. The molecule has 1 unspecified atom stereocenters. The predicted molar refractivity (Wildman–Crippen MR) is 67.8 cm³/mol. The van der Waals surface area contributed by atoms with Crippen molar-refractivity contribution >= 4 is 0 Å². The van der Waals surface area contributed by atoms with Crippen molar-refractivity contribution in [3.05, 3.63) is 53.7 Å². The summed E-state index contributed by atoms with van der Waals surface area (Å²) >= 11 is 0. The predicted octanol–water partition coefficient (Wildman–Crippen LogP) is 2.88. The van der Waals surface area contributed by atoms with Gasteiger partial charge in [-0.2, -0.15) is 0 Å². The zero-order chi connectivity index (χ0) is 12.1. The third kappa shape index (κ3) is 3.17. The number of aryl methyl sites for hydroxylation is 2. The lowest BCUT2D eigenvalue weighted by atomic mass is 10.0. The van der Waals surface area contributed by atoms with Crippen molar-refractivity contribution in [3.8, 4) is 0 Å². The molecule has 17 heavy (non-hydrogen) atoms. The number of nitrogens with zero attached hydrogens (tertiary/aromatic N) is 1. The van der Waals surface area contributed by atoms with Gasteiger partial charge in [0.15, 0.2) is 0 Å². The van der Waals surface area contributed by atoms with Crippen LogP contribution >= 0.6 is 0 Å². The van der Waals surface area contributed by atoms with Crippen LogP contribution in [0.25, 0.3) is 0 Å². The van der Waals surface area contributed by atoms with E-state index in [4.69, 9.17) is 4.42 Å². The molecule has 2 aromatic heterocycles. The van der Waals surface area contributed by atoms with E-state index in [1.807, 2.05) is 38.4 Å². The molecule has 2 aromatic rings. The Balaban J connectivity index is 1.99. The third-order valence-electron chi connectivity index (χ3n) is 2.94. The lowest BCUT2D eigenvalue weighted by Gasteiger charge is -2.15. The van der Waals surface area contributed by atoms with E-state index in [0.717, 1.165) is 24.3 Å². The van der Waals surface area contributed by atoms with Crippen molar-refractivity contribution in [2.75, 3.05) is 7.05 Å². The second kappa shape index (κ2) is 5.64. The SMILES string of the molecule is CNC(CCc1ccco1)c1ccc(C)nc1. The van der Waals surface area contributed by atoms with Crippen LogP contribution in [0.1, 0.15) is 29.5 Å². The molecule has 2 rings (SSSR count). The Morgan fingerprint density at radius 1 is 1.35 bits per heavy atom. The molecule has 0 aliphatic rings. The molecule has 0 aliphatic heterocycles. The molecule has 3 nitrogen and oxygen atoms in total. The van der Waals surface area contributed by atoms with Crippen LogP contribution in [0, 0.1) is 6.92 Å². The molecular weight excluding hydrogens is 212 g/mol. The Bertz CT molecular complexity index is 434. The van der Waals surface area contributed by atoms with Crippen LogP contribution in [0.3, 0.4) is 0 Å². The molecule has 0 spiro atoms. The van der Waals surface area contributed by atoms with E-state index in [-0.39, 0.29) is 0 Å². The summed E-state index contributed by atoms with van der Waals surface area (Å²) in [6, 6.07) is 8.45. The molecule has 2 heterocycles. The first-order valence-electron chi connectivity index (χ1n) is 5.92. The third-order valence-corrected chi connectivity index (χ3v) is 2.94. The molecule has 0 bridgehead atoms. The minimum Gasteiger partial charge on any atom is -0.469 e. The van der Waals surface area contributed by atoms with Crippen LogP contribution in [0.4, 0.5) is 0 Å². The highest BCUT2D eigenvalue weighted by molar-refractivity contribution is 5.17. The van der Waals surface area contributed by atoms with Gasteiger partial charge in [-0.25, -0.2) is 0 Å². The molecule has 1 atom stereocenters. The van der Waals surface area contributed by atoms with E-state index in [1.54, 1.807) is 6.26 Å². The first-order chi connectivity index (χ1) is 8.29. The molecule has 0 fully saturated rings. The summed E-state index contributed by atoms with van der Waals surface area (Å²) in [6.07, 6.45) is 5.61. The van der Waals surface area contributed by atoms with Gasteiger partial charge in [-0.05, 0) is 44.2 Å². The quantitative estimate of drug-likeness (QED) is 0.858. The average Bonchev–Trinajstić information content (AvgIpc) is 2.85. The average molecular weight is 230 g/mol. The minimum atomic E-state index is 0.327. The molecule has 1 N–H and O–H groups in total. The van der Waals surface area contributed by atoms with Gasteiger partial charge in [0.1, 0.15) is 5.76 Å². The normalized spacial score (nSPS) is 12.6. The summed E-state index contributed by atoms with van der Waals surface area (Å²) in [5.41, 5.74) is 2.28. The first kappa shape index (κ1) is 11.9. The van der Waals surface area contributed by atoms with E-state index in [0.29, 0.717) is 6.04 Å². The fourth-order valence-electron chi connectivity index (χ4n) is 1.90. The first-order valence-corrected chi connectivity index (χ1v) is 5.92. The Hall–Kier alpha value is -1.61. The number of nitrogens with one attached hydrogen (secondary N) is 1. The van der Waals surface area contributed by atoms with Crippen molar-refractivity contribution in [1.29, 1.82) is 0 Å². The van der Waals surface area contributed by atoms with Crippen LogP contribution < -0.4 is 5.32 Å². The fourth-order valence-corrected chi connectivity index (χ4v) is 1.90. The molecular formula is C14H18N2O. The molecule has 0 saturated carbocycles. The van der Waals surface area contributed by atoms with Gasteiger partial charge in [0.25, 0.3) is 0 Å². The maximum atomic E-state index is 5.34. The van der Waals surface area contributed by atoms with E-state index in [2.05, 4.69) is 16.4 Å². The molecule has 0 saturated heterocycles. The summed E-state index contributed by atoms with van der Waals surface area (Å²) in [7, 11) is 1.98. The summed E-state index contributed by atoms with van der Waals surface area (Å²) in [6.45, 7) is 2.00. The maximum absolute atomic E-state index is 5.34. The number of rotatable bonds is 5. The van der Waals surface area contributed by atoms with E-state index in [1.165, 1.54) is 5.56 Å². The van der Waals surface area contributed by atoms with Gasteiger partial charge in [0.05, 0.1) is 6.26 Å². The fraction of sp³-hybridized carbons (Fsp3) is 0.357. The summed E-state index contributed by atoms with van der Waals surface area (Å²) < 4.78 is 5.34. The van der Waals surface area contributed by atoms with Gasteiger partial charge in [-0.15, -0.1) is 0 Å². The van der Waals surface area contributed by atoms with Crippen molar-refractivity contribution in [3.63, 3.8) is 0 Å². The topological polar surface area (TPSA) is 38.1 Å². The minimum absolute atomic E-state index is 0.327. The highest BCUT2D eigenvalue weighted by Gasteiger charge is 2.10. The summed E-state index contributed by atoms with van der Waals surface area (Å²) in [4.78, 5) is 4.33. The second-order valence-corrected chi connectivity index (χ2v) is 4.19. The standard InChI is InChI=1S/C14H18N2O/c1-11-5-6-12(10-16-11)14(15-2)8-7-13-4-3-9-17-13/h3-6,9-10,14-15H,7-8H2,1-2H3. The van der Waals surface area contributed by atoms with Gasteiger partial charge < -0.3 is 9.73 Å². The Morgan fingerprint density at radius 2 is 2.24 bits per heavy atom. The van der Waals surface area contributed by atoms with E-state index >= 15 is 0 Å². The second-order valence-electron chi connectivity index (χ2n) is 4.19. The van der Waals surface area contributed by atoms with Crippen molar-refractivity contribution in [1.82, 2.24) is 10.3 Å². The zero-order valence-corrected chi connectivity index (χ0v) is 10.3. The Morgan fingerprint density at radius 3 is 2.82 bits per heavy atom. The Labute approximate surface area is 102 Å². The van der Waals surface area contributed by atoms with Gasteiger partial charge in [0.2, 0.25) is 0 Å². The summed E-state index contributed by atoms with van der Waals surface area (Å²) in [5, 5.41) is 3.32. The lowest BCUT2D eigenvalue weighted by molar-refractivity contribution is 0.469. The van der Waals surface area contributed by atoms with E-state index < -0.39 is 0 Å². The van der Waals surface area contributed by atoms with Gasteiger partial charge in [-0.1, -0.05) is 6.07 Å². The van der Waals surface area contributed by atoms with Crippen LogP contribution in [-0.4, -0.2) is 12.0 Å². The number of hydrogen-bond acceptors (Lipinski definition) is 3. The maximum Gasteiger partial charge on any atom is 0.103 e. The highest BCUT2D eigenvalue weighted by Crippen LogP contribution is 2.18. The monoisotopic (exact) mass is 230 g/mol. The molecule has 0 aromatic carbocycles. The smallest absolute Gasteiger partial charge is 0.103 e. The van der Waals surface area contributed by atoms with Crippen molar-refractivity contribution in [2.45, 2.75) is 25.8 Å². The largest absolute Gasteiger partial charge is 0.469 e. The summed E-state index contributed by atoms with van der Waals surface area (Å²) in [5.74, 6) is 1.03. The molecule has 3 heteroatoms. The number of pyridine rings is 1. The molecule has 0 amide bonds. The van der Waals surface area contributed by atoms with Crippen molar-refractivity contribution in [2.24, 2.45) is 0 Å². The van der Waals surface area contributed by atoms with Gasteiger partial charge in [-0.3, -0.25) is 4.98 Å². The Kier molecular flexibility index (Phi) is 3.94. The number of furan rings is 1. The molecule has 0 aliphatic carbocycles. The van der Waals surface area contributed by atoms with Gasteiger partial charge >= 0.3 is 0 Å². The lowest BCUT2D eigenvalue weighted by Crippen LogP contribution is -2.17. The number of aromatic nitrogens is 1. The van der Waals surface area contributed by atoms with Crippen LogP contribution in [0.2, 0.25) is 0 Å². The zero-order valence-electron chi connectivity index (χ0n) is 10.3. The van der Waals surface area contributed by atoms with Crippen molar-refractivity contribution < 1.29 is 4.42 Å². The van der Waals surface area contributed by atoms with Crippen LogP contribution in [0.15, 0.2) is 41.1 Å².